The van der Waals surface area contributed by atoms with E-state index in [2.05, 4.69) is 25.8 Å². The fourth-order valence-corrected chi connectivity index (χ4v) is 1.94. The maximum Gasteiger partial charge on any atom is 0.223 e. The molecule has 4 heteroatoms. The van der Waals surface area contributed by atoms with Gasteiger partial charge in [0.15, 0.2) is 0 Å². The molecule has 0 saturated carbocycles. The van der Waals surface area contributed by atoms with Gasteiger partial charge in [-0.2, -0.15) is 0 Å². The Labute approximate surface area is 99.8 Å². The molecule has 1 amide bonds. The largest absolute Gasteiger partial charge is 0.349 e. The van der Waals surface area contributed by atoms with Crippen LogP contribution in [0.3, 0.4) is 0 Å². The molecule has 0 heterocycles. The lowest BCUT2D eigenvalue weighted by Crippen LogP contribution is -2.46. The summed E-state index contributed by atoms with van der Waals surface area (Å²) >= 11 is 0. The molecule has 1 unspecified atom stereocenters. The van der Waals surface area contributed by atoms with Gasteiger partial charge in [0.2, 0.25) is 5.91 Å². The molecule has 16 heavy (non-hydrogen) atoms. The van der Waals surface area contributed by atoms with Crippen LogP contribution in [0.1, 0.15) is 33.1 Å². The van der Waals surface area contributed by atoms with Crippen molar-refractivity contribution in [2.75, 3.05) is 27.7 Å². The van der Waals surface area contributed by atoms with Crippen LogP contribution in [0.25, 0.3) is 0 Å². The average molecular weight is 229 g/mol. The number of carbonyl (C=O) groups is 1. The lowest BCUT2D eigenvalue weighted by molar-refractivity contribution is -0.130. The molecule has 1 atom stereocenters. The molecule has 0 fully saturated rings. The number of likely N-dealkylation sites (N-methyl/N-ethyl adjacent to an activating group) is 1. The Kier molecular flexibility index (Phi) is 7.34. The highest BCUT2D eigenvalue weighted by Crippen LogP contribution is 2.12. The maximum atomic E-state index is 11.7. The van der Waals surface area contributed by atoms with Gasteiger partial charge in [-0.3, -0.25) is 9.69 Å². The van der Waals surface area contributed by atoms with Crippen LogP contribution in [0.15, 0.2) is 0 Å². The highest BCUT2D eigenvalue weighted by molar-refractivity contribution is 5.76. The first-order valence-electron chi connectivity index (χ1n) is 6.09. The third-order valence-electron chi connectivity index (χ3n) is 3.28. The van der Waals surface area contributed by atoms with Gasteiger partial charge in [0, 0.05) is 39.1 Å². The quantitative estimate of drug-likeness (QED) is 0.706. The fraction of sp³-hybridized carbons (Fsp3) is 0.917. The summed E-state index contributed by atoms with van der Waals surface area (Å²) in [6.07, 6.45) is 2.70. The standard InChI is InChI=1S/C12H27N3O/c1-6-10(7-2)15(5)11(9-13)8-12(16)14(3)4/h10-11H,6-9,13H2,1-5H3. The Morgan fingerprint density at radius 1 is 1.12 bits per heavy atom. The third-order valence-corrected chi connectivity index (χ3v) is 3.28. The van der Waals surface area contributed by atoms with Crippen molar-refractivity contribution in [3.63, 3.8) is 0 Å². The summed E-state index contributed by atoms with van der Waals surface area (Å²) in [6.45, 7) is 4.88. The minimum absolute atomic E-state index is 0.147. The Morgan fingerprint density at radius 2 is 1.62 bits per heavy atom. The van der Waals surface area contributed by atoms with E-state index in [1.54, 1.807) is 19.0 Å². The van der Waals surface area contributed by atoms with Crippen LogP contribution in [-0.4, -0.2) is 55.5 Å². The van der Waals surface area contributed by atoms with E-state index in [4.69, 9.17) is 5.73 Å². The Balaban J connectivity index is 4.42. The van der Waals surface area contributed by atoms with Crippen LogP contribution in [0.4, 0.5) is 0 Å². The molecule has 0 bridgehead atoms. The van der Waals surface area contributed by atoms with Gasteiger partial charge in [-0.25, -0.2) is 0 Å². The summed E-state index contributed by atoms with van der Waals surface area (Å²) in [5, 5.41) is 0. The van der Waals surface area contributed by atoms with E-state index in [9.17, 15) is 4.79 Å². The molecule has 96 valence electrons. The molecule has 0 aromatic rings. The first-order chi connectivity index (χ1) is 7.47. The fourth-order valence-electron chi connectivity index (χ4n) is 1.94. The topological polar surface area (TPSA) is 49.6 Å². The van der Waals surface area contributed by atoms with Crippen molar-refractivity contribution in [2.24, 2.45) is 5.73 Å². The van der Waals surface area contributed by atoms with Gasteiger partial charge in [-0.1, -0.05) is 13.8 Å². The van der Waals surface area contributed by atoms with Gasteiger partial charge >= 0.3 is 0 Å². The number of carbonyl (C=O) groups excluding carboxylic acids is 1. The highest BCUT2D eigenvalue weighted by atomic mass is 16.2. The molecule has 0 rings (SSSR count). The first-order valence-corrected chi connectivity index (χ1v) is 6.09. The van der Waals surface area contributed by atoms with Crippen molar-refractivity contribution in [1.82, 2.24) is 9.80 Å². The second-order valence-electron chi connectivity index (χ2n) is 4.52. The zero-order valence-corrected chi connectivity index (χ0v) is 11.4. The van der Waals surface area contributed by atoms with Gasteiger partial charge in [0.1, 0.15) is 0 Å². The lowest BCUT2D eigenvalue weighted by atomic mass is 10.1. The number of nitrogens with zero attached hydrogens (tertiary/aromatic N) is 2. The summed E-state index contributed by atoms with van der Waals surface area (Å²) in [6, 6.07) is 0.670. The summed E-state index contributed by atoms with van der Waals surface area (Å²) < 4.78 is 0. The number of nitrogens with two attached hydrogens (primary N) is 1. The van der Waals surface area contributed by atoms with E-state index in [-0.39, 0.29) is 11.9 Å². The molecular weight excluding hydrogens is 202 g/mol. The predicted molar refractivity (Wildman–Crippen MR) is 68.3 cm³/mol. The SMILES string of the molecule is CCC(CC)N(C)C(CN)CC(=O)N(C)C. The molecule has 0 aromatic heterocycles. The summed E-state index contributed by atoms with van der Waals surface area (Å²) in [7, 11) is 5.64. The smallest absolute Gasteiger partial charge is 0.223 e. The minimum atomic E-state index is 0.147. The van der Waals surface area contributed by atoms with Crippen molar-refractivity contribution in [3.05, 3.63) is 0 Å². The Hall–Kier alpha value is -0.610. The van der Waals surface area contributed by atoms with Crippen LogP contribution < -0.4 is 5.73 Å². The number of hydrogen-bond donors (Lipinski definition) is 1. The molecule has 0 radical (unpaired) electrons. The zero-order valence-electron chi connectivity index (χ0n) is 11.4. The van der Waals surface area contributed by atoms with E-state index >= 15 is 0 Å². The number of amides is 1. The van der Waals surface area contributed by atoms with Gasteiger partial charge in [-0.15, -0.1) is 0 Å². The molecular formula is C12H27N3O. The van der Waals surface area contributed by atoms with E-state index in [0.29, 0.717) is 19.0 Å². The lowest BCUT2D eigenvalue weighted by Gasteiger charge is -2.33. The van der Waals surface area contributed by atoms with Gasteiger partial charge in [-0.05, 0) is 19.9 Å². The van der Waals surface area contributed by atoms with E-state index in [0.717, 1.165) is 12.8 Å². The van der Waals surface area contributed by atoms with Gasteiger partial charge < -0.3 is 10.6 Å². The molecule has 0 spiro atoms. The molecule has 0 saturated heterocycles. The average Bonchev–Trinajstić information content (AvgIpc) is 2.26. The zero-order chi connectivity index (χ0) is 12.7. The van der Waals surface area contributed by atoms with Crippen LogP contribution in [0.2, 0.25) is 0 Å². The highest BCUT2D eigenvalue weighted by Gasteiger charge is 2.22. The predicted octanol–water partition coefficient (Wildman–Crippen LogP) is 0.912. The summed E-state index contributed by atoms with van der Waals surface area (Å²) in [5.41, 5.74) is 5.76. The van der Waals surface area contributed by atoms with Crippen LogP contribution in [0.5, 0.6) is 0 Å². The summed E-state index contributed by atoms with van der Waals surface area (Å²) in [4.78, 5) is 15.5. The van der Waals surface area contributed by atoms with Crippen molar-refractivity contribution >= 4 is 5.91 Å². The van der Waals surface area contributed by atoms with E-state index < -0.39 is 0 Å². The molecule has 0 aromatic carbocycles. The summed E-state index contributed by atoms with van der Waals surface area (Å²) in [5.74, 6) is 0.147. The van der Waals surface area contributed by atoms with Gasteiger partial charge in [0.25, 0.3) is 0 Å². The monoisotopic (exact) mass is 229 g/mol. The molecule has 0 aliphatic rings. The first kappa shape index (κ1) is 15.4. The second kappa shape index (κ2) is 7.63. The Morgan fingerprint density at radius 3 is 1.94 bits per heavy atom. The molecule has 4 nitrogen and oxygen atoms in total. The van der Waals surface area contributed by atoms with Crippen molar-refractivity contribution in [2.45, 2.75) is 45.2 Å². The van der Waals surface area contributed by atoms with Crippen molar-refractivity contribution in [1.29, 1.82) is 0 Å². The van der Waals surface area contributed by atoms with Crippen LogP contribution in [-0.2, 0) is 4.79 Å². The molecule has 0 aliphatic carbocycles. The maximum absolute atomic E-state index is 11.7. The third kappa shape index (κ3) is 4.49. The molecule has 2 N–H and O–H groups in total. The normalized spacial score (nSPS) is 13.2. The van der Waals surface area contributed by atoms with Crippen molar-refractivity contribution in [3.8, 4) is 0 Å². The number of rotatable bonds is 7. The van der Waals surface area contributed by atoms with Crippen molar-refractivity contribution < 1.29 is 4.79 Å². The second-order valence-corrected chi connectivity index (χ2v) is 4.52. The van der Waals surface area contributed by atoms with E-state index in [1.165, 1.54) is 0 Å². The number of hydrogen-bond acceptors (Lipinski definition) is 3. The van der Waals surface area contributed by atoms with Gasteiger partial charge in [0.05, 0.1) is 0 Å². The van der Waals surface area contributed by atoms with E-state index in [1.807, 2.05) is 0 Å². The minimum Gasteiger partial charge on any atom is -0.349 e. The Bertz CT molecular complexity index is 202. The van der Waals surface area contributed by atoms with Crippen LogP contribution in [0, 0.1) is 0 Å². The molecule has 0 aliphatic heterocycles. The van der Waals surface area contributed by atoms with Crippen LogP contribution >= 0.6 is 0 Å².